The van der Waals surface area contributed by atoms with Crippen LogP contribution >= 0.6 is 0 Å². The van der Waals surface area contributed by atoms with Gasteiger partial charge in [0.05, 0.1) is 17.5 Å². The second-order valence-electron chi connectivity index (χ2n) is 9.32. The Balaban J connectivity index is -0.000000174. The van der Waals surface area contributed by atoms with Gasteiger partial charge in [-0.15, -0.1) is 0 Å². The number of nitrogens with zero attached hydrogens (tertiary/aromatic N) is 3. The van der Waals surface area contributed by atoms with Gasteiger partial charge in [0.1, 0.15) is 0 Å². The molecule has 0 aliphatic rings. The van der Waals surface area contributed by atoms with E-state index in [1.807, 2.05) is 20.8 Å². The summed E-state index contributed by atoms with van der Waals surface area (Å²) in [5.41, 5.74) is 0. The summed E-state index contributed by atoms with van der Waals surface area (Å²) in [6.45, 7) is 31.1. The minimum absolute atomic E-state index is 0. The average molecular weight is 566 g/mol. The molecule has 0 aliphatic heterocycles. The van der Waals surface area contributed by atoms with E-state index in [1.165, 1.54) is 0 Å². The molecular formula is C24H54LaN6. The summed E-state index contributed by atoms with van der Waals surface area (Å²) in [5, 5.41) is 9.67. The maximum absolute atomic E-state index is 4.32. The quantitative estimate of drug-likeness (QED) is 0.297. The first-order valence-corrected chi connectivity index (χ1v) is 11.5. The summed E-state index contributed by atoms with van der Waals surface area (Å²) in [4.78, 5) is 13.0. The Morgan fingerprint density at radius 3 is 0.677 bits per heavy atom. The number of rotatable bonds is 6. The van der Waals surface area contributed by atoms with Crippen LogP contribution in [0.15, 0.2) is 15.0 Å². The van der Waals surface area contributed by atoms with Crippen LogP contribution in [0.3, 0.4) is 0 Å². The van der Waals surface area contributed by atoms with Crippen molar-refractivity contribution in [3.05, 3.63) is 0 Å². The average Bonchev–Trinajstić information content (AvgIpc) is 2.42. The molecule has 0 heterocycles. The Labute approximate surface area is 223 Å². The summed E-state index contributed by atoms with van der Waals surface area (Å²) in [5.74, 6) is 3.10. The molecule has 0 aliphatic carbocycles. The first kappa shape index (κ1) is 37.9. The van der Waals surface area contributed by atoms with E-state index in [-0.39, 0.29) is 35.6 Å². The van der Waals surface area contributed by atoms with Crippen molar-refractivity contribution < 1.29 is 35.6 Å². The van der Waals surface area contributed by atoms with Gasteiger partial charge in [-0.25, -0.2) is 0 Å². The van der Waals surface area contributed by atoms with Crippen molar-refractivity contribution in [2.75, 3.05) is 0 Å². The van der Waals surface area contributed by atoms with Gasteiger partial charge < -0.3 is 16.0 Å². The predicted molar refractivity (Wildman–Crippen MR) is 140 cm³/mol. The molecule has 0 bridgehead atoms. The van der Waals surface area contributed by atoms with E-state index in [9.17, 15) is 0 Å². The second-order valence-corrected chi connectivity index (χ2v) is 9.32. The zero-order valence-corrected chi connectivity index (χ0v) is 27.0. The molecule has 0 fully saturated rings. The molecule has 0 aromatic rings. The number of nitrogens with one attached hydrogen (secondary N) is 3. The van der Waals surface area contributed by atoms with Crippen LogP contribution in [0, 0.1) is 35.6 Å². The molecule has 0 aromatic heterocycles. The maximum atomic E-state index is 4.32. The van der Waals surface area contributed by atoms with Crippen LogP contribution in [0.5, 0.6) is 0 Å². The Hall–Kier alpha value is -0.395. The molecule has 0 aromatic carbocycles. The van der Waals surface area contributed by atoms with E-state index in [4.69, 9.17) is 0 Å². The third kappa shape index (κ3) is 40.5. The minimum Gasteiger partial charge on any atom is -0.372 e. The standard InChI is InChI=1S/3C8H18N2.La/c3*1-6(2)9-8(5)10-7(3)4;/h3*6-7H,1-5H3,(H,9,10);. The Morgan fingerprint density at radius 1 is 0.419 bits per heavy atom. The van der Waals surface area contributed by atoms with Crippen molar-refractivity contribution in [1.82, 2.24) is 16.0 Å². The van der Waals surface area contributed by atoms with Crippen molar-refractivity contribution in [3.8, 4) is 0 Å². The SMILES string of the molecule is CC(=NC(C)C)NC(C)C.CC(=NC(C)C)NC(C)C.CC(=NC(C)C)NC(C)C.[La]. The van der Waals surface area contributed by atoms with E-state index < -0.39 is 0 Å². The molecule has 0 spiro atoms. The van der Waals surface area contributed by atoms with Crippen LogP contribution in [-0.2, 0) is 0 Å². The largest absolute Gasteiger partial charge is 0.372 e. The summed E-state index contributed by atoms with van der Waals surface area (Å²) < 4.78 is 0. The van der Waals surface area contributed by atoms with E-state index in [0.717, 1.165) is 17.5 Å². The first-order chi connectivity index (χ1) is 13.6. The molecular weight excluding hydrogens is 511 g/mol. The molecule has 0 saturated carbocycles. The Kier molecular flexibility index (Phi) is 27.9. The van der Waals surface area contributed by atoms with Crippen LogP contribution in [0.1, 0.15) is 104 Å². The van der Waals surface area contributed by atoms with Crippen LogP contribution in [0.25, 0.3) is 0 Å². The predicted octanol–water partition coefficient (Wildman–Crippen LogP) is 5.43. The van der Waals surface area contributed by atoms with Gasteiger partial charge in [0.15, 0.2) is 0 Å². The monoisotopic (exact) mass is 565 g/mol. The molecule has 0 rings (SSSR count). The fourth-order valence-electron chi connectivity index (χ4n) is 2.53. The van der Waals surface area contributed by atoms with Gasteiger partial charge in [0, 0.05) is 71.8 Å². The van der Waals surface area contributed by atoms with Gasteiger partial charge >= 0.3 is 0 Å². The maximum Gasteiger partial charge on any atom is 0.0936 e. The molecule has 0 saturated heterocycles. The van der Waals surface area contributed by atoms with Crippen molar-refractivity contribution >= 4 is 17.5 Å². The normalized spacial score (nSPS) is 12.5. The van der Waals surface area contributed by atoms with Crippen molar-refractivity contribution in [2.24, 2.45) is 15.0 Å². The summed E-state index contributed by atoms with van der Waals surface area (Å²) >= 11 is 0. The number of hydrogen-bond acceptors (Lipinski definition) is 3. The van der Waals surface area contributed by atoms with Crippen LogP contribution in [0.4, 0.5) is 0 Å². The number of amidine groups is 3. The number of hydrogen-bond donors (Lipinski definition) is 3. The second kappa shape index (κ2) is 22.8. The fraction of sp³-hybridized carbons (Fsp3) is 0.875. The minimum atomic E-state index is 0. The van der Waals surface area contributed by atoms with Crippen LogP contribution < -0.4 is 16.0 Å². The van der Waals surface area contributed by atoms with Gasteiger partial charge in [-0.3, -0.25) is 15.0 Å². The molecule has 183 valence electrons. The van der Waals surface area contributed by atoms with E-state index in [0.29, 0.717) is 36.3 Å². The third-order valence-corrected chi connectivity index (χ3v) is 2.85. The number of aliphatic imine (C=N–C) groups is 3. The topological polar surface area (TPSA) is 73.2 Å². The van der Waals surface area contributed by atoms with E-state index in [1.54, 1.807) is 0 Å². The molecule has 0 atom stereocenters. The zero-order chi connectivity index (χ0) is 24.4. The fourth-order valence-corrected chi connectivity index (χ4v) is 2.53. The van der Waals surface area contributed by atoms with E-state index in [2.05, 4.69) is 114 Å². The molecule has 0 amide bonds. The molecule has 0 unspecified atom stereocenters. The van der Waals surface area contributed by atoms with Crippen molar-refractivity contribution in [2.45, 2.75) is 140 Å². The van der Waals surface area contributed by atoms with Crippen LogP contribution in [0.2, 0.25) is 0 Å². The summed E-state index contributed by atoms with van der Waals surface area (Å²) in [6.07, 6.45) is 0. The van der Waals surface area contributed by atoms with Gasteiger partial charge in [-0.1, -0.05) is 0 Å². The van der Waals surface area contributed by atoms with Crippen LogP contribution in [-0.4, -0.2) is 53.8 Å². The van der Waals surface area contributed by atoms with Gasteiger partial charge in [-0.05, 0) is 104 Å². The Morgan fingerprint density at radius 2 is 0.581 bits per heavy atom. The molecule has 31 heavy (non-hydrogen) atoms. The first-order valence-electron chi connectivity index (χ1n) is 11.5. The molecule has 1 radical (unpaired) electrons. The van der Waals surface area contributed by atoms with Gasteiger partial charge in [-0.2, -0.15) is 0 Å². The van der Waals surface area contributed by atoms with Gasteiger partial charge in [0.25, 0.3) is 0 Å². The van der Waals surface area contributed by atoms with Gasteiger partial charge in [0.2, 0.25) is 0 Å². The molecule has 7 heteroatoms. The third-order valence-electron chi connectivity index (χ3n) is 2.85. The zero-order valence-electron chi connectivity index (χ0n) is 23.4. The molecule has 3 N–H and O–H groups in total. The summed E-state index contributed by atoms with van der Waals surface area (Å²) in [7, 11) is 0. The smallest absolute Gasteiger partial charge is 0.0936 e. The van der Waals surface area contributed by atoms with Crippen molar-refractivity contribution in [3.63, 3.8) is 0 Å². The van der Waals surface area contributed by atoms with Crippen molar-refractivity contribution in [1.29, 1.82) is 0 Å². The molecule has 6 nitrogen and oxygen atoms in total. The van der Waals surface area contributed by atoms with E-state index >= 15 is 0 Å². The Bertz CT molecular complexity index is 421. The summed E-state index contributed by atoms with van der Waals surface area (Å²) in [6, 6.07) is 2.65.